The molecule has 0 aromatic heterocycles. The van der Waals surface area contributed by atoms with Crippen LogP contribution in [0.4, 0.5) is 10.1 Å². The highest BCUT2D eigenvalue weighted by Gasteiger charge is 2.19. The normalized spacial score (nSPS) is 12.1. The number of hydrogen-bond acceptors (Lipinski definition) is 5. The Bertz CT molecular complexity index is 912. The maximum absolute atomic E-state index is 12.9. The van der Waals surface area contributed by atoms with Crippen LogP contribution in [-0.4, -0.2) is 32.9 Å². The van der Waals surface area contributed by atoms with Crippen molar-refractivity contribution in [3.63, 3.8) is 0 Å². The van der Waals surface area contributed by atoms with Crippen molar-refractivity contribution in [1.82, 2.24) is 5.32 Å². The maximum Gasteiger partial charge on any atom is 0.338 e. The van der Waals surface area contributed by atoms with E-state index in [-0.39, 0.29) is 16.1 Å². The minimum absolute atomic E-state index is 0.0943. The Balaban J connectivity index is 2.05. The summed E-state index contributed by atoms with van der Waals surface area (Å²) >= 11 is 0. The van der Waals surface area contributed by atoms with Gasteiger partial charge in [-0.25, -0.2) is 17.6 Å². The third-order valence-corrected chi connectivity index (χ3v) is 4.90. The zero-order valence-corrected chi connectivity index (χ0v) is 15.5. The van der Waals surface area contributed by atoms with E-state index in [4.69, 9.17) is 4.74 Å². The molecule has 27 heavy (non-hydrogen) atoms. The zero-order valence-electron chi connectivity index (χ0n) is 14.7. The Morgan fingerprint density at radius 1 is 1.07 bits per heavy atom. The van der Waals surface area contributed by atoms with E-state index in [0.717, 1.165) is 24.3 Å². The second-order valence-corrected chi connectivity index (χ2v) is 7.26. The summed E-state index contributed by atoms with van der Waals surface area (Å²) in [6.07, 6.45) is -0.950. The average Bonchev–Trinajstić information content (AvgIpc) is 2.62. The molecule has 7 nitrogen and oxygen atoms in total. The van der Waals surface area contributed by atoms with Crippen molar-refractivity contribution in [3.8, 4) is 0 Å². The van der Waals surface area contributed by atoms with Gasteiger partial charge in [0.15, 0.2) is 6.10 Å². The number of amides is 1. The number of ether oxygens (including phenoxy) is 1. The molecule has 0 aliphatic carbocycles. The highest BCUT2D eigenvalue weighted by molar-refractivity contribution is 7.92. The molecule has 0 aliphatic heterocycles. The predicted octanol–water partition coefficient (Wildman–Crippen LogP) is 2.31. The number of carbonyl (C=O) groups excluding carboxylic acids is 2. The molecule has 0 spiro atoms. The molecular formula is C18H19FN2O5S. The van der Waals surface area contributed by atoms with Crippen LogP contribution >= 0.6 is 0 Å². The fraction of sp³-hybridized carbons (Fsp3) is 0.222. The van der Waals surface area contributed by atoms with Crippen LogP contribution in [0.2, 0.25) is 0 Å². The van der Waals surface area contributed by atoms with Gasteiger partial charge in [-0.1, -0.05) is 0 Å². The molecule has 1 atom stereocenters. The van der Waals surface area contributed by atoms with Gasteiger partial charge in [0.25, 0.3) is 15.9 Å². The molecule has 0 bridgehead atoms. The summed E-state index contributed by atoms with van der Waals surface area (Å²) in [6, 6.07) is 9.89. The Labute approximate surface area is 156 Å². The summed E-state index contributed by atoms with van der Waals surface area (Å²) in [5.41, 5.74) is 0.378. The molecule has 0 unspecified atom stereocenters. The fourth-order valence-corrected chi connectivity index (χ4v) is 3.16. The standard InChI is InChI=1S/C18H19FN2O5S/c1-3-20-17(22)12(2)26-18(23)13-4-8-15(9-5-13)21-27(24,25)16-10-6-14(19)7-11-16/h4-12,21H,3H2,1-2H3,(H,20,22)/t12-/m0/s1. The van der Waals surface area contributed by atoms with Crippen molar-refractivity contribution >= 4 is 27.6 Å². The lowest BCUT2D eigenvalue weighted by atomic mass is 10.2. The van der Waals surface area contributed by atoms with Gasteiger partial charge in [-0.3, -0.25) is 9.52 Å². The lowest BCUT2D eigenvalue weighted by Gasteiger charge is -2.13. The van der Waals surface area contributed by atoms with Crippen LogP contribution in [0, 0.1) is 5.82 Å². The van der Waals surface area contributed by atoms with E-state index in [1.54, 1.807) is 6.92 Å². The van der Waals surface area contributed by atoms with Crippen LogP contribution in [0.1, 0.15) is 24.2 Å². The second kappa shape index (κ2) is 8.63. The van der Waals surface area contributed by atoms with Gasteiger partial charge < -0.3 is 10.1 Å². The number of esters is 1. The van der Waals surface area contributed by atoms with Crippen molar-refractivity contribution in [2.24, 2.45) is 0 Å². The first-order valence-electron chi connectivity index (χ1n) is 8.10. The Morgan fingerprint density at radius 2 is 1.67 bits per heavy atom. The quantitative estimate of drug-likeness (QED) is 0.702. The monoisotopic (exact) mass is 394 g/mol. The summed E-state index contributed by atoms with van der Waals surface area (Å²) in [4.78, 5) is 23.5. The summed E-state index contributed by atoms with van der Waals surface area (Å²) < 4.78 is 44.8. The van der Waals surface area contributed by atoms with E-state index in [1.165, 1.54) is 31.2 Å². The number of anilines is 1. The van der Waals surface area contributed by atoms with Gasteiger partial charge in [0, 0.05) is 12.2 Å². The molecule has 2 aromatic rings. The van der Waals surface area contributed by atoms with Crippen molar-refractivity contribution in [1.29, 1.82) is 0 Å². The number of rotatable bonds is 7. The van der Waals surface area contributed by atoms with Gasteiger partial charge in [0.2, 0.25) is 0 Å². The molecule has 0 saturated carbocycles. The van der Waals surface area contributed by atoms with E-state index in [2.05, 4.69) is 10.0 Å². The maximum atomic E-state index is 12.9. The van der Waals surface area contributed by atoms with Crippen LogP contribution in [0.25, 0.3) is 0 Å². The molecule has 9 heteroatoms. The average molecular weight is 394 g/mol. The molecule has 0 saturated heterocycles. The van der Waals surface area contributed by atoms with Crippen LogP contribution in [-0.2, 0) is 19.6 Å². The van der Waals surface area contributed by atoms with Gasteiger partial charge in [-0.05, 0) is 62.4 Å². The lowest BCUT2D eigenvalue weighted by molar-refractivity contribution is -0.128. The molecule has 144 valence electrons. The Morgan fingerprint density at radius 3 is 2.22 bits per heavy atom. The Kier molecular flexibility index (Phi) is 6.51. The first-order chi connectivity index (χ1) is 12.7. The zero-order chi connectivity index (χ0) is 20.0. The highest BCUT2D eigenvalue weighted by atomic mass is 32.2. The summed E-state index contributed by atoms with van der Waals surface area (Å²) in [7, 11) is -3.89. The molecular weight excluding hydrogens is 375 g/mol. The van der Waals surface area contributed by atoms with Crippen LogP contribution in [0.15, 0.2) is 53.4 Å². The first kappa shape index (κ1) is 20.4. The molecule has 0 fully saturated rings. The third kappa shape index (κ3) is 5.52. The van der Waals surface area contributed by atoms with E-state index in [9.17, 15) is 22.4 Å². The SMILES string of the molecule is CCNC(=O)[C@H](C)OC(=O)c1ccc(NS(=O)(=O)c2ccc(F)cc2)cc1. The van der Waals surface area contributed by atoms with E-state index >= 15 is 0 Å². The van der Waals surface area contributed by atoms with Crippen molar-refractivity contribution in [2.75, 3.05) is 11.3 Å². The number of nitrogens with one attached hydrogen (secondary N) is 2. The number of halogens is 1. The van der Waals surface area contributed by atoms with E-state index in [1.807, 2.05) is 0 Å². The van der Waals surface area contributed by atoms with Crippen LogP contribution < -0.4 is 10.0 Å². The number of carbonyl (C=O) groups is 2. The van der Waals surface area contributed by atoms with Gasteiger partial charge in [-0.15, -0.1) is 0 Å². The molecule has 1 amide bonds. The van der Waals surface area contributed by atoms with E-state index < -0.39 is 33.8 Å². The van der Waals surface area contributed by atoms with Crippen molar-refractivity contribution in [3.05, 3.63) is 59.9 Å². The topological polar surface area (TPSA) is 102 Å². The second-order valence-electron chi connectivity index (χ2n) is 5.58. The van der Waals surface area contributed by atoms with E-state index in [0.29, 0.717) is 6.54 Å². The van der Waals surface area contributed by atoms with Gasteiger partial charge in [0.1, 0.15) is 5.82 Å². The summed E-state index contributed by atoms with van der Waals surface area (Å²) in [6.45, 7) is 3.62. The smallest absolute Gasteiger partial charge is 0.338 e. The molecule has 2 rings (SSSR count). The third-order valence-electron chi connectivity index (χ3n) is 3.50. The number of hydrogen-bond donors (Lipinski definition) is 2. The Hall–Kier alpha value is -2.94. The highest BCUT2D eigenvalue weighted by Crippen LogP contribution is 2.17. The van der Waals surface area contributed by atoms with Crippen molar-refractivity contribution < 1.29 is 27.1 Å². The summed E-state index contributed by atoms with van der Waals surface area (Å²) in [5, 5.41) is 2.54. The van der Waals surface area contributed by atoms with Gasteiger partial charge in [0.05, 0.1) is 10.5 Å². The molecule has 0 radical (unpaired) electrons. The van der Waals surface area contributed by atoms with Crippen LogP contribution in [0.5, 0.6) is 0 Å². The summed E-state index contributed by atoms with van der Waals surface area (Å²) in [5.74, 6) is -1.66. The predicted molar refractivity (Wildman–Crippen MR) is 97.2 cm³/mol. The molecule has 2 N–H and O–H groups in total. The van der Waals surface area contributed by atoms with Gasteiger partial charge >= 0.3 is 5.97 Å². The largest absolute Gasteiger partial charge is 0.449 e. The molecule has 0 aliphatic rings. The minimum atomic E-state index is -3.89. The number of sulfonamides is 1. The number of benzene rings is 2. The number of likely N-dealkylation sites (N-methyl/N-ethyl adjacent to an activating group) is 1. The molecule has 2 aromatic carbocycles. The minimum Gasteiger partial charge on any atom is -0.449 e. The lowest BCUT2D eigenvalue weighted by Crippen LogP contribution is -2.35. The van der Waals surface area contributed by atoms with Crippen molar-refractivity contribution in [2.45, 2.75) is 24.8 Å². The fourth-order valence-electron chi connectivity index (χ4n) is 2.10. The molecule has 0 heterocycles. The van der Waals surface area contributed by atoms with Gasteiger partial charge in [-0.2, -0.15) is 0 Å². The van der Waals surface area contributed by atoms with Crippen LogP contribution in [0.3, 0.4) is 0 Å². The first-order valence-corrected chi connectivity index (χ1v) is 9.58.